The Morgan fingerprint density at radius 2 is 1.73 bits per heavy atom. The molecule has 3 aliphatic carbocycles. The topological polar surface area (TPSA) is 92.8 Å². The van der Waals surface area contributed by atoms with Gasteiger partial charge in [0.1, 0.15) is 17.4 Å². The third-order valence-electron chi connectivity index (χ3n) is 9.95. The number of nitrogens with zero attached hydrogens (tertiary/aromatic N) is 2. The van der Waals surface area contributed by atoms with Crippen molar-refractivity contribution in [3.63, 3.8) is 0 Å². The summed E-state index contributed by atoms with van der Waals surface area (Å²) in [5, 5.41) is 5.72. The molecule has 4 atom stereocenters. The number of morpholine rings is 1. The second-order valence-electron chi connectivity index (χ2n) is 12.9. The molecule has 2 N–H and O–H groups in total. The van der Waals surface area contributed by atoms with Crippen LogP contribution in [0.3, 0.4) is 0 Å². The SMILES string of the molecule is COc1ccc(-c2ccc(N3CCOCC3)nc2)cc1C(=O)N[C@@H]1C2CCC(/C2=C/C2CC2)[C@@H]1C(=O)Nc1ccc(F)c(C(F)(F)F)c1. The van der Waals surface area contributed by atoms with Crippen molar-refractivity contribution < 1.29 is 36.6 Å². The van der Waals surface area contributed by atoms with Gasteiger partial charge in [-0.1, -0.05) is 17.7 Å². The molecule has 1 saturated heterocycles. The number of fused-ring (bicyclic) bond motifs is 2. The molecular weight excluding hydrogens is 628 g/mol. The molecular formula is C36H36F4N4O4. The second-order valence-corrected chi connectivity index (χ2v) is 12.9. The van der Waals surface area contributed by atoms with Gasteiger partial charge >= 0.3 is 6.18 Å². The fourth-order valence-electron chi connectivity index (χ4n) is 7.44. The van der Waals surface area contributed by atoms with E-state index < -0.39 is 41.3 Å². The molecule has 4 aliphatic rings. The van der Waals surface area contributed by atoms with Crippen molar-refractivity contribution >= 4 is 23.3 Å². The molecule has 2 amide bonds. The van der Waals surface area contributed by atoms with E-state index in [1.807, 2.05) is 18.2 Å². The average molecular weight is 665 g/mol. The van der Waals surface area contributed by atoms with Gasteiger partial charge in [-0.15, -0.1) is 0 Å². The molecule has 0 spiro atoms. The predicted molar refractivity (Wildman–Crippen MR) is 171 cm³/mol. The van der Waals surface area contributed by atoms with Crippen molar-refractivity contribution in [2.24, 2.45) is 23.7 Å². The largest absolute Gasteiger partial charge is 0.496 e. The minimum atomic E-state index is -4.91. The summed E-state index contributed by atoms with van der Waals surface area (Å²) in [6.07, 6.45) is 2.73. The molecule has 2 unspecified atom stereocenters. The molecule has 7 rings (SSSR count). The standard InChI is InChI=1S/C36H36F4N4O4/c1-47-30-10-4-21(22-5-11-31(41-19-22)44-12-14-48-15-13-44)17-27(30)34(45)43-33-25-8-7-24(26(25)16-20-2-3-20)32(33)35(46)42-23-6-9-29(37)28(18-23)36(38,39)40/h4-6,9-11,16-20,24-25,32-33H,2-3,7-8,12-15H2,1H3,(H,42,46)(H,43,45)/b26-16-/t24?,25?,32-,33+/m0/s1. The Balaban J connectivity index is 1.15. The lowest BCUT2D eigenvalue weighted by atomic mass is 9.83. The number of benzene rings is 2. The molecule has 252 valence electrons. The Morgan fingerprint density at radius 3 is 2.42 bits per heavy atom. The van der Waals surface area contributed by atoms with E-state index in [0.29, 0.717) is 37.0 Å². The van der Waals surface area contributed by atoms with Gasteiger partial charge in [0.2, 0.25) is 5.91 Å². The number of hydrogen-bond acceptors (Lipinski definition) is 6. The molecule has 1 aliphatic heterocycles. The third kappa shape index (κ3) is 6.37. The molecule has 0 radical (unpaired) electrons. The quantitative estimate of drug-likeness (QED) is 0.212. The lowest BCUT2D eigenvalue weighted by Gasteiger charge is -2.30. The number of amides is 2. The highest BCUT2D eigenvalue weighted by molar-refractivity contribution is 6.00. The zero-order valence-corrected chi connectivity index (χ0v) is 26.4. The zero-order chi connectivity index (χ0) is 33.6. The Bertz CT molecular complexity index is 1730. The zero-order valence-electron chi connectivity index (χ0n) is 26.4. The van der Waals surface area contributed by atoms with Crippen LogP contribution in [0, 0.1) is 29.5 Å². The van der Waals surface area contributed by atoms with E-state index in [2.05, 4.69) is 26.6 Å². The van der Waals surface area contributed by atoms with E-state index in [-0.39, 0.29) is 23.1 Å². The fraction of sp³-hybridized carbons (Fsp3) is 0.417. The number of halogens is 4. The number of nitrogens with one attached hydrogen (secondary N) is 2. The Kier molecular flexibility index (Phi) is 8.61. The first-order valence-corrected chi connectivity index (χ1v) is 16.3. The summed E-state index contributed by atoms with van der Waals surface area (Å²) >= 11 is 0. The van der Waals surface area contributed by atoms with Crippen LogP contribution in [0.1, 0.15) is 41.6 Å². The van der Waals surface area contributed by atoms with Crippen LogP contribution in [-0.4, -0.2) is 56.3 Å². The number of aromatic nitrogens is 1. The molecule has 12 heteroatoms. The molecule has 48 heavy (non-hydrogen) atoms. The van der Waals surface area contributed by atoms with E-state index in [1.54, 1.807) is 18.3 Å². The summed E-state index contributed by atoms with van der Waals surface area (Å²) < 4.78 is 65.2. The first-order chi connectivity index (χ1) is 23.1. The van der Waals surface area contributed by atoms with Crippen LogP contribution in [0.2, 0.25) is 0 Å². The summed E-state index contributed by atoms with van der Waals surface area (Å²) in [5.74, 6) is -1.67. The monoisotopic (exact) mass is 664 g/mol. The molecule has 4 fully saturated rings. The molecule has 2 heterocycles. The van der Waals surface area contributed by atoms with Crippen LogP contribution in [0.15, 0.2) is 66.4 Å². The maximum atomic E-state index is 14.0. The van der Waals surface area contributed by atoms with E-state index in [1.165, 1.54) is 7.11 Å². The van der Waals surface area contributed by atoms with Crippen LogP contribution in [0.25, 0.3) is 11.1 Å². The predicted octanol–water partition coefficient (Wildman–Crippen LogP) is 6.48. The van der Waals surface area contributed by atoms with Crippen molar-refractivity contribution in [2.45, 2.75) is 37.9 Å². The maximum Gasteiger partial charge on any atom is 0.419 e. The normalized spacial score (nSPS) is 24.5. The number of carbonyl (C=O) groups excluding carboxylic acids is 2. The summed E-state index contributed by atoms with van der Waals surface area (Å²) in [5.41, 5.74) is 1.38. The Hall–Kier alpha value is -4.45. The highest BCUT2D eigenvalue weighted by Gasteiger charge is 2.55. The number of carbonyl (C=O) groups is 2. The lowest BCUT2D eigenvalue weighted by molar-refractivity contribution is -0.140. The number of methoxy groups -OCH3 is 1. The maximum absolute atomic E-state index is 14.0. The van der Waals surface area contributed by atoms with Crippen LogP contribution < -0.4 is 20.3 Å². The van der Waals surface area contributed by atoms with Gasteiger partial charge in [0, 0.05) is 42.5 Å². The number of allylic oxidation sites excluding steroid dienone is 1. The van der Waals surface area contributed by atoms with E-state index in [4.69, 9.17) is 9.47 Å². The second kappa shape index (κ2) is 12.9. The molecule has 2 aromatic carbocycles. The van der Waals surface area contributed by atoms with Gasteiger partial charge < -0.3 is 25.0 Å². The molecule has 3 saturated carbocycles. The van der Waals surface area contributed by atoms with Crippen LogP contribution in [0.5, 0.6) is 5.75 Å². The van der Waals surface area contributed by atoms with Crippen LogP contribution in [0.4, 0.5) is 29.1 Å². The van der Waals surface area contributed by atoms with Gasteiger partial charge in [0.05, 0.1) is 37.4 Å². The average Bonchev–Trinajstić information content (AvgIpc) is 3.77. The van der Waals surface area contributed by atoms with Crippen molar-refractivity contribution in [3.05, 3.63) is 83.3 Å². The number of pyridine rings is 1. The summed E-state index contributed by atoms with van der Waals surface area (Å²) in [6, 6.07) is 11.0. The Morgan fingerprint density at radius 1 is 0.979 bits per heavy atom. The number of alkyl halides is 3. The summed E-state index contributed by atoms with van der Waals surface area (Å²) in [4.78, 5) is 34.6. The van der Waals surface area contributed by atoms with Crippen molar-refractivity contribution in [1.29, 1.82) is 0 Å². The first kappa shape index (κ1) is 32.1. The van der Waals surface area contributed by atoms with Gasteiger partial charge in [-0.05, 0) is 85.5 Å². The minimum absolute atomic E-state index is 0.0830. The first-order valence-electron chi connectivity index (χ1n) is 16.3. The van der Waals surface area contributed by atoms with Crippen molar-refractivity contribution in [3.8, 4) is 16.9 Å². The van der Waals surface area contributed by atoms with Gasteiger partial charge in [-0.25, -0.2) is 9.37 Å². The number of rotatable bonds is 8. The third-order valence-corrected chi connectivity index (χ3v) is 9.95. The van der Waals surface area contributed by atoms with Gasteiger partial charge in [-0.3, -0.25) is 9.59 Å². The number of ether oxygens (including phenoxy) is 2. The minimum Gasteiger partial charge on any atom is -0.496 e. The van der Waals surface area contributed by atoms with Crippen LogP contribution in [-0.2, 0) is 15.7 Å². The molecule has 8 nitrogen and oxygen atoms in total. The summed E-state index contributed by atoms with van der Waals surface area (Å²) in [6.45, 7) is 2.82. The van der Waals surface area contributed by atoms with Gasteiger partial charge in [0.25, 0.3) is 5.91 Å². The van der Waals surface area contributed by atoms with E-state index in [0.717, 1.165) is 67.4 Å². The number of hydrogen-bond donors (Lipinski definition) is 2. The molecule has 1 aromatic heterocycles. The van der Waals surface area contributed by atoms with E-state index >= 15 is 0 Å². The lowest BCUT2D eigenvalue weighted by Crippen LogP contribution is -2.48. The van der Waals surface area contributed by atoms with Gasteiger partial charge in [-0.2, -0.15) is 13.2 Å². The van der Waals surface area contributed by atoms with Gasteiger partial charge in [0.15, 0.2) is 0 Å². The van der Waals surface area contributed by atoms with Crippen molar-refractivity contribution in [2.75, 3.05) is 43.6 Å². The molecule has 3 aromatic rings. The number of anilines is 2. The smallest absolute Gasteiger partial charge is 0.419 e. The van der Waals surface area contributed by atoms with Crippen molar-refractivity contribution in [1.82, 2.24) is 10.3 Å². The summed E-state index contributed by atoms with van der Waals surface area (Å²) in [7, 11) is 1.48. The fourth-order valence-corrected chi connectivity index (χ4v) is 7.44. The van der Waals surface area contributed by atoms with Crippen LogP contribution >= 0.6 is 0 Å². The molecule has 2 bridgehead atoms. The Labute approximate surface area is 275 Å². The van der Waals surface area contributed by atoms with E-state index in [9.17, 15) is 27.2 Å². The highest BCUT2D eigenvalue weighted by atomic mass is 19.4. The highest BCUT2D eigenvalue weighted by Crippen LogP contribution is 2.54.